The predicted octanol–water partition coefficient (Wildman–Crippen LogP) is 16.3. The standard InChI is InChI=1S/C62H43N/c1-61(2)53-24-12-11-23-52(53)59-58(39-44-18-6-7-19-47(44)60(59)61)63(45-33-28-41(29-34-45)40-16-4-3-5-17-40)46-35-30-42(31-36-46)43-32-37-51-50-22-10-15-27-56(50)62(57(51)38-43)54-25-13-8-20-48(54)49-21-9-14-26-55(49)62/h3-39H,1-2H3. The molecule has 0 aliphatic heterocycles. The van der Waals surface area contributed by atoms with E-state index in [9.17, 15) is 0 Å². The molecule has 1 heteroatoms. The summed E-state index contributed by atoms with van der Waals surface area (Å²) in [4.78, 5) is 2.49. The van der Waals surface area contributed by atoms with Crippen molar-refractivity contribution in [3.63, 3.8) is 0 Å². The molecule has 10 aromatic carbocycles. The van der Waals surface area contributed by atoms with Crippen LogP contribution in [0.25, 0.3) is 66.4 Å². The first-order valence-corrected chi connectivity index (χ1v) is 22.2. The Morgan fingerprint density at radius 1 is 0.333 bits per heavy atom. The van der Waals surface area contributed by atoms with E-state index in [0.717, 1.165) is 11.4 Å². The summed E-state index contributed by atoms with van der Waals surface area (Å²) < 4.78 is 0. The van der Waals surface area contributed by atoms with Gasteiger partial charge in [0.2, 0.25) is 0 Å². The van der Waals surface area contributed by atoms with Crippen molar-refractivity contribution < 1.29 is 0 Å². The summed E-state index contributed by atoms with van der Waals surface area (Å²) in [6.07, 6.45) is 0. The Kier molecular flexibility index (Phi) is 7.64. The van der Waals surface area contributed by atoms with Crippen LogP contribution >= 0.6 is 0 Å². The van der Waals surface area contributed by atoms with Crippen LogP contribution in [-0.4, -0.2) is 0 Å². The summed E-state index contributed by atoms with van der Waals surface area (Å²) in [5.74, 6) is 0. The average Bonchev–Trinajstić information content (AvgIpc) is 3.91. The molecule has 10 aromatic rings. The summed E-state index contributed by atoms with van der Waals surface area (Å²) >= 11 is 0. The Bertz CT molecular complexity index is 3400. The van der Waals surface area contributed by atoms with Crippen molar-refractivity contribution in [1.82, 2.24) is 0 Å². The maximum absolute atomic E-state index is 2.49. The van der Waals surface area contributed by atoms with Crippen molar-refractivity contribution in [2.45, 2.75) is 24.7 Å². The quantitative estimate of drug-likeness (QED) is 0.168. The Morgan fingerprint density at radius 2 is 0.778 bits per heavy atom. The van der Waals surface area contributed by atoms with Gasteiger partial charge < -0.3 is 4.90 Å². The maximum Gasteiger partial charge on any atom is 0.0725 e. The molecule has 0 N–H and O–H groups in total. The Morgan fingerprint density at radius 3 is 1.38 bits per heavy atom. The molecule has 0 radical (unpaired) electrons. The molecular weight excluding hydrogens is 759 g/mol. The lowest BCUT2D eigenvalue weighted by atomic mass is 9.70. The predicted molar refractivity (Wildman–Crippen MR) is 263 cm³/mol. The molecule has 0 saturated heterocycles. The number of hydrogen-bond donors (Lipinski definition) is 0. The zero-order valence-corrected chi connectivity index (χ0v) is 35.3. The Balaban J connectivity index is 0.992. The molecule has 0 heterocycles. The van der Waals surface area contributed by atoms with Crippen molar-refractivity contribution >= 4 is 27.8 Å². The van der Waals surface area contributed by atoms with Crippen molar-refractivity contribution in [2.75, 3.05) is 4.90 Å². The van der Waals surface area contributed by atoms with Gasteiger partial charge in [0.25, 0.3) is 0 Å². The summed E-state index contributed by atoms with van der Waals surface area (Å²) in [7, 11) is 0. The molecule has 0 saturated carbocycles. The van der Waals surface area contributed by atoms with Gasteiger partial charge in [0.1, 0.15) is 0 Å². The molecule has 0 unspecified atom stereocenters. The van der Waals surface area contributed by atoms with Crippen molar-refractivity contribution in [3.05, 3.63) is 258 Å². The summed E-state index contributed by atoms with van der Waals surface area (Å²) in [5, 5.41) is 2.56. The largest absolute Gasteiger partial charge is 0.310 e. The van der Waals surface area contributed by atoms with Gasteiger partial charge in [-0.2, -0.15) is 0 Å². The van der Waals surface area contributed by atoms with Crippen LogP contribution in [-0.2, 0) is 10.8 Å². The van der Waals surface area contributed by atoms with Crippen LogP contribution in [0.1, 0.15) is 47.2 Å². The third kappa shape index (κ3) is 4.99. The molecule has 3 aliphatic carbocycles. The van der Waals surface area contributed by atoms with Crippen LogP contribution in [0.4, 0.5) is 17.1 Å². The summed E-state index contributed by atoms with van der Waals surface area (Å²) in [6.45, 7) is 4.79. The molecular formula is C62H43N. The fourth-order valence-electron chi connectivity index (χ4n) is 11.7. The second-order valence-corrected chi connectivity index (χ2v) is 18.0. The first kappa shape index (κ1) is 36.0. The monoisotopic (exact) mass is 801 g/mol. The molecule has 0 amide bonds. The van der Waals surface area contributed by atoms with Gasteiger partial charge in [-0.1, -0.05) is 202 Å². The van der Waals surface area contributed by atoms with Crippen LogP contribution in [0.5, 0.6) is 0 Å². The Labute approximate surface area is 369 Å². The Hall–Kier alpha value is -7.74. The highest BCUT2D eigenvalue weighted by atomic mass is 15.1. The number of rotatable bonds is 5. The van der Waals surface area contributed by atoms with Crippen LogP contribution in [0, 0.1) is 0 Å². The van der Waals surface area contributed by atoms with Crippen molar-refractivity contribution in [1.29, 1.82) is 0 Å². The second kappa shape index (κ2) is 13.4. The fraction of sp³-hybridized carbons (Fsp3) is 0.0645. The lowest BCUT2D eigenvalue weighted by Gasteiger charge is -2.31. The van der Waals surface area contributed by atoms with Gasteiger partial charge >= 0.3 is 0 Å². The van der Waals surface area contributed by atoms with Crippen LogP contribution in [0.15, 0.2) is 224 Å². The first-order chi connectivity index (χ1) is 31.0. The van der Waals surface area contributed by atoms with Gasteiger partial charge in [-0.3, -0.25) is 0 Å². The van der Waals surface area contributed by atoms with E-state index in [1.165, 1.54) is 105 Å². The number of benzene rings is 10. The molecule has 3 aliphatic rings. The highest BCUT2D eigenvalue weighted by molar-refractivity contribution is 6.06. The smallest absolute Gasteiger partial charge is 0.0725 e. The van der Waals surface area contributed by atoms with Crippen LogP contribution < -0.4 is 4.90 Å². The molecule has 63 heavy (non-hydrogen) atoms. The van der Waals surface area contributed by atoms with E-state index in [0.29, 0.717) is 0 Å². The minimum absolute atomic E-state index is 0.167. The second-order valence-electron chi connectivity index (χ2n) is 18.0. The third-order valence-corrected chi connectivity index (χ3v) is 14.5. The topological polar surface area (TPSA) is 3.24 Å². The zero-order valence-electron chi connectivity index (χ0n) is 35.3. The lowest BCUT2D eigenvalue weighted by Crippen LogP contribution is -2.25. The van der Waals surface area contributed by atoms with Gasteiger partial charge in [0.15, 0.2) is 0 Å². The third-order valence-electron chi connectivity index (χ3n) is 14.5. The fourth-order valence-corrected chi connectivity index (χ4v) is 11.7. The highest BCUT2D eigenvalue weighted by Gasteiger charge is 2.51. The minimum Gasteiger partial charge on any atom is -0.310 e. The maximum atomic E-state index is 2.49. The van der Waals surface area contributed by atoms with E-state index in [1.54, 1.807) is 0 Å². The molecule has 296 valence electrons. The van der Waals surface area contributed by atoms with Gasteiger partial charge in [-0.25, -0.2) is 0 Å². The average molecular weight is 802 g/mol. The first-order valence-electron chi connectivity index (χ1n) is 22.2. The van der Waals surface area contributed by atoms with Crippen molar-refractivity contribution in [2.24, 2.45) is 0 Å². The summed E-state index contributed by atoms with van der Waals surface area (Å²) in [5.41, 5.74) is 23.9. The molecule has 0 fully saturated rings. The lowest BCUT2D eigenvalue weighted by molar-refractivity contribution is 0.666. The number of hydrogen-bond acceptors (Lipinski definition) is 1. The normalized spacial score (nSPS) is 14.1. The molecule has 0 atom stereocenters. The number of fused-ring (bicyclic) bond motifs is 15. The number of anilines is 3. The molecule has 1 nitrogen and oxygen atoms in total. The van der Waals surface area contributed by atoms with Crippen LogP contribution in [0.3, 0.4) is 0 Å². The van der Waals surface area contributed by atoms with Crippen molar-refractivity contribution in [3.8, 4) is 55.6 Å². The van der Waals surface area contributed by atoms with E-state index < -0.39 is 0 Å². The van der Waals surface area contributed by atoms with Crippen LogP contribution in [0.2, 0.25) is 0 Å². The molecule has 0 aromatic heterocycles. The SMILES string of the molecule is CC1(C)c2ccccc2-c2c(N(c3ccc(-c4ccccc4)cc3)c3ccc(-c4ccc5c(c4)C4(c6ccccc6-c6ccccc64)c4ccccc4-5)cc3)cc3ccccc3c21. The summed E-state index contributed by atoms with van der Waals surface area (Å²) in [6, 6.07) is 83.8. The zero-order chi connectivity index (χ0) is 41.9. The minimum atomic E-state index is -0.377. The van der Waals surface area contributed by atoms with Gasteiger partial charge in [0.05, 0.1) is 11.1 Å². The van der Waals surface area contributed by atoms with Gasteiger partial charge in [-0.15, -0.1) is 0 Å². The number of nitrogens with zero attached hydrogens (tertiary/aromatic N) is 1. The highest BCUT2D eigenvalue weighted by Crippen LogP contribution is 2.63. The molecule has 0 bridgehead atoms. The van der Waals surface area contributed by atoms with E-state index in [-0.39, 0.29) is 10.8 Å². The van der Waals surface area contributed by atoms with E-state index >= 15 is 0 Å². The van der Waals surface area contributed by atoms with E-state index in [4.69, 9.17) is 0 Å². The van der Waals surface area contributed by atoms with Gasteiger partial charge in [0, 0.05) is 22.4 Å². The van der Waals surface area contributed by atoms with Gasteiger partial charge in [-0.05, 0) is 131 Å². The van der Waals surface area contributed by atoms with E-state index in [2.05, 4.69) is 243 Å². The molecule has 1 spiro atoms. The van der Waals surface area contributed by atoms with E-state index in [1.807, 2.05) is 0 Å². The molecule has 13 rings (SSSR count).